The lowest BCUT2D eigenvalue weighted by atomic mass is 9.88. The number of fused-ring (bicyclic) bond motifs is 1. The van der Waals surface area contributed by atoms with E-state index in [9.17, 15) is 0 Å². The van der Waals surface area contributed by atoms with Gasteiger partial charge in [-0.25, -0.2) is 0 Å². The van der Waals surface area contributed by atoms with Gasteiger partial charge in [0.25, 0.3) is 0 Å². The Morgan fingerprint density at radius 3 is 2.90 bits per heavy atom. The van der Waals surface area contributed by atoms with Crippen LogP contribution in [0.5, 0.6) is 0 Å². The molecule has 1 aliphatic carbocycles. The second kappa shape index (κ2) is 8.43. The fraction of sp³-hybridized carbons (Fsp3) is 0.667. The Bertz CT molecular complexity index is 391. The number of nitrogens with one attached hydrogen (secondary N) is 1. The number of ether oxygens (including phenoxy) is 1. The van der Waals surface area contributed by atoms with Crippen LogP contribution in [0.25, 0.3) is 0 Å². The highest BCUT2D eigenvalue weighted by Crippen LogP contribution is 2.34. The third-order valence-corrected chi connectivity index (χ3v) is 4.47. The first-order valence-electron chi connectivity index (χ1n) is 8.19. The Hall–Kier alpha value is -0.860. The normalized spacial score (nSPS) is 22.3. The molecule has 0 amide bonds. The van der Waals surface area contributed by atoms with Gasteiger partial charge in [0.2, 0.25) is 0 Å². The molecule has 2 nitrogen and oxygen atoms in total. The van der Waals surface area contributed by atoms with Crippen molar-refractivity contribution in [3.05, 3.63) is 35.4 Å². The minimum Gasteiger partial charge on any atom is -0.381 e. The molecule has 1 aromatic rings. The summed E-state index contributed by atoms with van der Waals surface area (Å²) in [4.78, 5) is 0. The molecule has 1 aromatic carbocycles. The third kappa shape index (κ3) is 4.07. The molecular formula is C18H29NO. The molecule has 112 valence electrons. The Labute approximate surface area is 123 Å². The monoisotopic (exact) mass is 275 g/mol. The number of benzene rings is 1. The Morgan fingerprint density at radius 2 is 2.10 bits per heavy atom. The fourth-order valence-corrected chi connectivity index (χ4v) is 3.33. The topological polar surface area (TPSA) is 21.3 Å². The molecule has 0 aliphatic heterocycles. The van der Waals surface area contributed by atoms with E-state index in [0.29, 0.717) is 12.0 Å². The lowest BCUT2D eigenvalue weighted by Gasteiger charge is -2.26. The van der Waals surface area contributed by atoms with Crippen molar-refractivity contribution < 1.29 is 4.74 Å². The van der Waals surface area contributed by atoms with Crippen molar-refractivity contribution in [3.63, 3.8) is 0 Å². The van der Waals surface area contributed by atoms with Crippen molar-refractivity contribution in [2.75, 3.05) is 20.3 Å². The van der Waals surface area contributed by atoms with Gasteiger partial charge >= 0.3 is 0 Å². The molecule has 1 N–H and O–H groups in total. The average Bonchev–Trinajstić information content (AvgIpc) is 2.65. The predicted molar refractivity (Wildman–Crippen MR) is 85.0 cm³/mol. The van der Waals surface area contributed by atoms with Gasteiger partial charge < -0.3 is 10.1 Å². The Morgan fingerprint density at radius 1 is 1.25 bits per heavy atom. The van der Waals surface area contributed by atoms with E-state index in [2.05, 4.69) is 43.6 Å². The molecule has 0 bridgehead atoms. The summed E-state index contributed by atoms with van der Waals surface area (Å²) in [5.74, 6) is 0.699. The molecule has 0 saturated carbocycles. The van der Waals surface area contributed by atoms with E-state index in [0.717, 1.165) is 13.2 Å². The SMILES string of the molecule is CCCCOCCC1CCCc2ccccc2C1NC. The number of aryl methyl sites for hydroxylation is 1. The molecule has 0 saturated heterocycles. The summed E-state index contributed by atoms with van der Waals surface area (Å²) in [6.07, 6.45) is 7.40. The van der Waals surface area contributed by atoms with Crippen LogP contribution in [-0.2, 0) is 11.2 Å². The second-order valence-corrected chi connectivity index (χ2v) is 5.87. The van der Waals surface area contributed by atoms with Crippen LogP contribution in [0.3, 0.4) is 0 Å². The molecule has 0 fully saturated rings. The van der Waals surface area contributed by atoms with Crippen LogP contribution in [0.1, 0.15) is 56.2 Å². The Balaban J connectivity index is 1.95. The minimum atomic E-state index is 0.489. The van der Waals surface area contributed by atoms with E-state index in [1.807, 2.05) is 0 Å². The van der Waals surface area contributed by atoms with Crippen molar-refractivity contribution >= 4 is 0 Å². The molecule has 0 spiro atoms. The van der Waals surface area contributed by atoms with Crippen molar-refractivity contribution in [2.45, 2.75) is 51.5 Å². The first-order valence-corrected chi connectivity index (χ1v) is 8.19. The third-order valence-electron chi connectivity index (χ3n) is 4.47. The van der Waals surface area contributed by atoms with Crippen LogP contribution >= 0.6 is 0 Å². The number of hydrogen-bond acceptors (Lipinski definition) is 2. The van der Waals surface area contributed by atoms with Gasteiger partial charge in [0, 0.05) is 19.3 Å². The van der Waals surface area contributed by atoms with E-state index < -0.39 is 0 Å². The molecule has 0 radical (unpaired) electrons. The molecule has 2 rings (SSSR count). The van der Waals surface area contributed by atoms with E-state index in [1.165, 1.54) is 49.7 Å². The quantitative estimate of drug-likeness (QED) is 0.597. The fourth-order valence-electron chi connectivity index (χ4n) is 3.33. The first-order chi connectivity index (χ1) is 9.86. The summed E-state index contributed by atoms with van der Waals surface area (Å²) in [5.41, 5.74) is 3.03. The van der Waals surface area contributed by atoms with E-state index >= 15 is 0 Å². The summed E-state index contributed by atoms with van der Waals surface area (Å²) < 4.78 is 5.77. The van der Waals surface area contributed by atoms with Gasteiger partial charge in [-0.1, -0.05) is 37.6 Å². The van der Waals surface area contributed by atoms with Crippen LogP contribution in [0.4, 0.5) is 0 Å². The summed E-state index contributed by atoms with van der Waals surface area (Å²) in [7, 11) is 2.09. The maximum atomic E-state index is 5.77. The molecule has 2 unspecified atom stereocenters. The predicted octanol–water partition coefficient (Wildman–Crippen LogP) is 4.11. The number of rotatable bonds is 7. The van der Waals surface area contributed by atoms with E-state index in [-0.39, 0.29) is 0 Å². The lowest BCUT2D eigenvalue weighted by molar-refractivity contribution is 0.110. The van der Waals surface area contributed by atoms with Gasteiger partial charge in [0.15, 0.2) is 0 Å². The summed E-state index contributed by atoms with van der Waals surface area (Å²) in [6, 6.07) is 9.42. The molecule has 20 heavy (non-hydrogen) atoms. The number of hydrogen-bond donors (Lipinski definition) is 1. The highest BCUT2D eigenvalue weighted by Gasteiger charge is 2.25. The van der Waals surface area contributed by atoms with E-state index in [1.54, 1.807) is 0 Å². The van der Waals surface area contributed by atoms with Crippen LogP contribution < -0.4 is 5.32 Å². The van der Waals surface area contributed by atoms with Crippen LogP contribution in [0, 0.1) is 5.92 Å². The molecule has 0 heterocycles. The highest BCUT2D eigenvalue weighted by molar-refractivity contribution is 5.31. The van der Waals surface area contributed by atoms with Gasteiger partial charge in [0.1, 0.15) is 0 Å². The van der Waals surface area contributed by atoms with Crippen molar-refractivity contribution in [3.8, 4) is 0 Å². The molecular weight excluding hydrogens is 246 g/mol. The largest absolute Gasteiger partial charge is 0.381 e. The minimum absolute atomic E-state index is 0.489. The molecule has 2 atom stereocenters. The smallest absolute Gasteiger partial charge is 0.0469 e. The highest BCUT2D eigenvalue weighted by atomic mass is 16.5. The van der Waals surface area contributed by atoms with E-state index in [4.69, 9.17) is 4.74 Å². The second-order valence-electron chi connectivity index (χ2n) is 5.87. The number of unbranched alkanes of at least 4 members (excludes halogenated alkanes) is 1. The molecule has 2 heteroatoms. The van der Waals surface area contributed by atoms with Gasteiger partial charge in [-0.05, 0) is 56.2 Å². The summed E-state index contributed by atoms with van der Waals surface area (Å²) >= 11 is 0. The van der Waals surface area contributed by atoms with Gasteiger partial charge in [0.05, 0.1) is 0 Å². The van der Waals surface area contributed by atoms with Gasteiger partial charge in [-0.2, -0.15) is 0 Å². The van der Waals surface area contributed by atoms with Gasteiger partial charge in [-0.15, -0.1) is 0 Å². The zero-order chi connectivity index (χ0) is 14.2. The molecule has 0 aromatic heterocycles. The first kappa shape index (κ1) is 15.5. The van der Waals surface area contributed by atoms with Crippen LogP contribution in [-0.4, -0.2) is 20.3 Å². The molecule has 1 aliphatic rings. The lowest BCUT2D eigenvalue weighted by Crippen LogP contribution is -2.26. The van der Waals surface area contributed by atoms with Crippen molar-refractivity contribution in [1.29, 1.82) is 0 Å². The Kier molecular flexibility index (Phi) is 6.55. The van der Waals surface area contributed by atoms with Crippen LogP contribution in [0.2, 0.25) is 0 Å². The maximum Gasteiger partial charge on any atom is 0.0469 e. The zero-order valence-corrected chi connectivity index (χ0v) is 13.0. The summed E-state index contributed by atoms with van der Waals surface area (Å²) in [5, 5.41) is 3.55. The van der Waals surface area contributed by atoms with Gasteiger partial charge in [-0.3, -0.25) is 0 Å². The maximum absolute atomic E-state index is 5.77. The average molecular weight is 275 g/mol. The standard InChI is InChI=1S/C18H29NO/c1-3-4-13-20-14-12-16-10-7-9-15-8-5-6-11-17(15)18(16)19-2/h5-6,8,11,16,18-19H,3-4,7,9-10,12-14H2,1-2H3. The van der Waals surface area contributed by atoms with Crippen molar-refractivity contribution in [1.82, 2.24) is 5.32 Å². The summed E-state index contributed by atoms with van der Waals surface area (Å²) in [6.45, 7) is 4.04. The zero-order valence-electron chi connectivity index (χ0n) is 13.0. The van der Waals surface area contributed by atoms with Crippen LogP contribution in [0.15, 0.2) is 24.3 Å². The van der Waals surface area contributed by atoms with Crippen molar-refractivity contribution in [2.24, 2.45) is 5.92 Å².